The molecule has 0 aromatic rings. The molecule has 0 spiro atoms. The van der Waals surface area contributed by atoms with Crippen LogP contribution in [0, 0.1) is 0 Å². The Morgan fingerprint density at radius 1 is 1.50 bits per heavy atom. The third-order valence-corrected chi connectivity index (χ3v) is 2.11. The Balaban J connectivity index is 3.19. The number of hydrogen-bond donors (Lipinski definition) is 1. The Kier molecular flexibility index (Phi) is 7.11. The molecule has 0 fully saturated rings. The molecule has 0 radical (unpaired) electrons. The lowest BCUT2D eigenvalue weighted by Gasteiger charge is -1.99. The monoisotopic (exact) mass is 194 g/mol. The van der Waals surface area contributed by atoms with Crippen LogP contribution in [0.15, 0.2) is 0 Å². The fourth-order valence-electron chi connectivity index (χ4n) is 0.779. The maximum absolute atomic E-state index is 10.7. The summed E-state index contributed by atoms with van der Waals surface area (Å²) in [5.74, 6) is -0.227. The van der Waals surface area contributed by atoms with Crippen molar-refractivity contribution >= 4 is 14.0 Å². The third kappa shape index (κ3) is 7.76. The van der Waals surface area contributed by atoms with Crippen LogP contribution in [0.5, 0.6) is 0 Å². The number of carbonyl (C=O) groups is 1. The van der Waals surface area contributed by atoms with Crippen molar-refractivity contribution in [3.05, 3.63) is 0 Å². The molecule has 12 heavy (non-hydrogen) atoms. The zero-order valence-corrected chi connectivity index (χ0v) is 8.21. The van der Waals surface area contributed by atoms with Gasteiger partial charge in [-0.25, -0.2) is 0 Å². The van der Waals surface area contributed by atoms with Gasteiger partial charge in [0.15, 0.2) is 8.03 Å². The maximum atomic E-state index is 10.7. The van der Waals surface area contributed by atoms with Crippen molar-refractivity contribution in [2.45, 2.75) is 26.2 Å². The van der Waals surface area contributed by atoms with Gasteiger partial charge in [0.05, 0.1) is 6.61 Å². The van der Waals surface area contributed by atoms with Gasteiger partial charge in [0.1, 0.15) is 0 Å². The highest BCUT2D eigenvalue weighted by molar-refractivity contribution is 7.37. The molecule has 0 rings (SSSR count). The van der Waals surface area contributed by atoms with E-state index in [0.717, 1.165) is 0 Å². The number of ether oxygens (including phenoxy) is 1. The minimum Gasteiger partial charge on any atom is -0.466 e. The van der Waals surface area contributed by atoms with Crippen LogP contribution < -0.4 is 0 Å². The molecular formula is C7H15O4P. The third-order valence-electron chi connectivity index (χ3n) is 1.33. The van der Waals surface area contributed by atoms with Gasteiger partial charge in [0.2, 0.25) is 0 Å². The van der Waals surface area contributed by atoms with Crippen LogP contribution in [0.25, 0.3) is 0 Å². The zero-order valence-electron chi connectivity index (χ0n) is 7.21. The second-order valence-electron chi connectivity index (χ2n) is 2.41. The molecule has 0 aromatic heterocycles. The molecule has 1 N–H and O–H groups in total. The average Bonchev–Trinajstić information content (AvgIpc) is 1.98. The highest BCUT2D eigenvalue weighted by Crippen LogP contribution is 2.15. The van der Waals surface area contributed by atoms with Crippen molar-refractivity contribution in [2.75, 3.05) is 12.8 Å². The van der Waals surface area contributed by atoms with Gasteiger partial charge in [-0.05, 0) is 19.8 Å². The number of rotatable bonds is 6. The molecule has 1 unspecified atom stereocenters. The highest BCUT2D eigenvalue weighted by Gasteiger charge is 2.01. The van der Waals surface area contributed by atoms with Crippen molar-refractivity contribution in [3.63, 3.8) is 0 Å². The van der Waals surface area contributed by atoms with E-state index in [1.54, 1.807) is 6.92 Å². The number of esters is 1. The molecule has 0 saturated heterocycles. The highest BCUT2D eigenvalue weighted by atomic mass is 31.1. The summed E-state index contributed by atoms with van der Waals surface area (Å²) in [6.45, 7) is 2.15. The van der Waals surface area contributed by atoms with Crippen molar-refractivity contribution < 1.29 is 19.0 Å². The molecule has 0 aliphatic heterocycles. The average molecular weight is 194 g/mol. The van der Waals surface area contributed by atoms with E-state index in [-0.39, 0.29) is 5.97 Å². The minimum absolute atomic E-state index is 0.227. The van der Waals surface area contributed by atoms with E-state index >= 15 is 0 Å². The molecule has 0 heterocycles. The van der Waals surface area contributed by atoms with Gasteiger partial charge in [-0.3, -0.25) is 9.36 Å². The van der Waals surface area contributed by atoms with Crippen molar-refractivity contribution in [2.24, 2.45) is 0 Å². The van der Waals surface area contributed by atoms with Crippen LogP contribution in [0.2, 0.25) is 0 Å². The zero-order chi connectivity index (χ0) is 9.40. The molecule has 0 saturated carbocycles. The lowest BCUT2D eigenvalue weighted by atomic mass is 10.2. The Morgan fingerprint density at radius 2 is 2.17 bits per heavy atom. The standard InChI is InChI=1S/C7H15O4P/c1-2-11-7(8)5-3-4-6-12(9)10/h12H,2-6H2,1H3,(H,9,10). The summed E-state index contributed by atoms with van der Waals surface area (Å²) in [4.78, 5) is 19.2. The van der Waals surface area contributed by atoms with Gasteiger partial charge >= 0.3 is 5.97 Å². The molecular weight excluding hydrogens is 179 g/mol. The second kappa shape index (κ2) is 7.32. The first-order chi connectivity index (χ1) is 5.66. The van der Waals surface area contributed by atoms with E-state index < -0.39 is 8.03 Å². The SMILES string of the molecule is CCOC(=O)CCCC[PH](=O)O. The van der Waals surface area contributed by atoms with Gasteiger partial charge in [0.25, 0.3) is 0 Å². The van der Waals surface area contributed by atoms with Crippen molar-refractivity contribution in [1.29, 1.82) is 0 Å². The van der Waals surface area contributed by atoms with Crippen LogP contribution in [0.3, 0.4) is 0 Å². The molecule has 72 valence electrons. The Morgan fingerprint density at radius 3 is 2.67 bits per heavy atom. The van der Waals surface area contributed by atoms with Crippen LogP contribution in [-0.2, 0) is 14.1 Å². The Hall–Kier alpha value is -0.340. The minimum atomic E-state index is -2.35. The van der Waals surface area contributed by atoms with Crippen molar-refractivity contribution in [3.8, 4) is 0 Å². The molecule has 5 heteroatoms. The predicted molar refractivity (Wildman–Crippen MR) is 46.6 cm³/mol. The first-order valence-electron chi connectivity index (χ1n) is 4.04. The van der Waals surface area contributed by atoms with Gasteiger partial charge in [-0.15, -0.1) is 0 Å². The summed E-state index contributed by atoms with van der Waals surface area (Å²) in [7, 11) is -2.35. The topological polar surface area (TPSA) is 63.6 Å². The maximum Gasteiger partial charge on any atom is 0.305 e. The number of carbonyl (C=O) groups excluding carboxylic acids is 1. The van der Waals surface area contributed by atoms with Gasteiger partial charge < -0.3 is 9.63 Å². The largest absolute Gasteiger partial charge is 0.466 e. The predicted octanol–water partition coefficient (Wildman–Crippen LogP) is 1.19. The van der Waals surface area contributed by atoms with Crippen LogP contribution in [0.4, 0.5) is 0 Å². The summed E-state index contributed by atoms with van der Waals surface area (Å²) >= 11 is 0. The quantitative estimate of drug-likeness (QED) is 0.392. The van der Waals surface area contributed by atoms with Crippen LogP contribution in [0.1, 0.15) is 26.2 Å². The summed E-state index contributed by atoms with van der Waals surface area (Å²) in [6, 6.07) is 0. The normalized spacial score (nSPS) is 12.5. The molecule has 0 aromatic carbocycles. The first kappa shape index (κ1) is 11.7. The summed E-state index contributed by atoms with van der Waals surface area (Å²) < 4.78 is 14.9. The van der Waals surface area contributed by atoms with E-state index in [4.69, 9.17) is 4.89 Å². The van der Waals surface area contributed by atoms with E-state index in [2.05, 4.69) is 4.74 Å². The number of hydrogen-bond acceptors (Lipinski definition) is 3. The van der Waals surface area contributed by atoms with E-state index in [1.807, 2.05) is 0 Å². The summed E-state index contributed by atoms with van der Waals surface area (Å²) in [5.41, 5.74) is 0. The molecule has 4 nitrogen and oxygen atoms in total. The lowest BCUT2D eigenvalue weighted by molar-refractivity contribution is -0.143. The van der Waals surface area contributed by atoms with E-state index in [9.17, 15) is 9.36 Å². The van der Waals surface area contributed by atoms with Gasteiger partial charge in [-0.1, -0.05) is 0 Å². The fourth-order valence-corrected chi connectivity index (χ4v) is 1.33. The molecule has 0 bridgehead atoms. The Labute approximate surface area is 72.8 Å². The number of unbranched alkanes of at least 4 members (excludes halogenated alkanes) is 1. The Bertz CT molecular complexity index is 157. The van der Waals surface area contributed by atoms with E-state index in [1.165, 1.54) is 0 Å². The molecule has 0 aliphatic carbocycles. The van der Waals surface area contributed by atoms with Crippen molar-refractivity contribution in [1.82, 2.24) is 0 Å². The van der Waals surface area contributed by atoms with Gasteiger partial charge in [-0.2, -0.15) is 0 Å². The first-order valence-corrected chi connectivity index (χ1v) is 5.60. The smallest absolute Gasteiger partial charge is 0.305 e. The fraction of sp³-hybridized carbons (Fsp3) is 0.857. The molecule has 1 atom stereocenters. The van der Waals surface area contributed by atoms with Gasteiger partial charge in [0, 0.05) is 12.6 Å². The molecule has 0 aliphatic rings. The second-order valence-corrected chi connectivity index (χ2v) is 3.69. The van der Waals surface area contributed by atoms with E-state index in [0.29, 0.717) is 32.0 Å². The summed E-state index contributed by atoms with van der Waals surface area (Å²) in [5, 5.41) is 0. The lowest BCUT2D eigenvalue weighted by Crippen LogP contribution is -2.03. The molecule has 0 amide bonds. The van der Waals surface area contributed by atoms with Crippen LogP contribution in [-0.4, -0.2) is 23.6 Å². The summed E-state index contributed by atoms with van der Waals surface area (Å²) in [6.07, 6.45) is 1.91. The van der Waals surface area contributed by atoms with Crippen LogP contribution >= 0.6 is 8.03 Å².